The maximum absolute atomic E-state index is 13.8. The molecule has 0 aromatic heterocycles. The number of nitrogens with one attached hydrogen (secondary N) is 1. The van der Waals surface area contributed by atoms with E-state index in [4.69, 9.17) is 18.0 Å². The quantitative estimate of drug-likeness (QED) is 0.819. The van der Waals surface area contributed by atoms with Crippen LogP contribution in [0.3, 0.4) is 0 Å². The van der Waals surface area contributed by atoms with Gasteiger partial charge in [0.25, 0.3) is 0 Å². The third-order valence-corrected chi connectivity index (χ3v) is 3.95. The Kier molecular flexibility index (Phi) is 4.64. The van der Waals surface area contributed by atoms with E-state index >= 15 is 0 Å². The molecule has 1 heterocycles. The van der Waals surface area contributed by atoms with Crippen molar-refractivity contribution in [1.82, 2.24) is 0 Å². The minimum Gasteiger partial charge on any atom is -0.342 e. The van der Waals surface area contributed by atoms with Crippen molar-refractivity contribution in [3.8, 4) is 12.3 Å². The largest absolute Gasteiger partial charge is 0.342 e. The molecular formula is C19H15ClFN3. The predicted octanol–water partition coefficient (Wildman–Crippen LogP) is 4.16. The van der Waals surface area contributed by atoms with E-state index in [-0.39, 0.29) is 11.9 Å². The highest BCUT2D eigenvalue weighted by molar-refractivity contribution is 6.36. The van der Waals surface area contributed by atoms with Crippen LogP contribution >= 0.6 is 11.6 Å². The molecule has 2 aromatic rings. The van der Waals surface area contributed by atoms with Gasteiger partial charge >= 0.3 is 0 Å². The monoisotopic (exact) mass is 339 g/mol. The van der Waals surface area contributed by atoms with E-state index < -0.39 is 0 Å². The number of amidine groups is 1. The first-order chi connectivity index (χ1) is 11.6. The van der Waals surface area contributed by atoms with Gasteiger partial charge in [0.15, 0.2) is 0 Å². The number of rotatable bonds is 2. The molecule has 5 heteroatoms. The van der Waals surface area contributed by atoms with E-state index in [1.54, 1.807) is 12.1 Å². The lowest BCUT2D eigenvalue weighted by Gasteiger charge is -2.12. The van der Waals surface area contributed by atoms with Crippen molar-refractivity contribution in [2.45, 2.75) is 13.0 Å². The van der Waals surface area contributed by atoms with Crippen molar-refractivity contribution in [2.24, 2.45) is 9.98 Å². The van der Waals surface area contributed by atoms with Crippen LogP contribution in [0, 0.1) is 18.2 Å². The van der Waals surface area contributed by atoms with Crippen LogP contribution in [0.2, 0.25) is 5.02 Å². The number of benzene rings is 2. The summed E-state index contributed by atoms with van der Waals surface area (Å²) in [7, 11) is 0. The molecule has 1 atom stereocenters. The summed E-state index contributed by atoms with van der Waals surface area (Å²) >= 11 is 6.31. The highest BCUT2D eigenvalue weighted by atomic mass is 35.5. The number of anilines is 1. The van der Waals surface area contributed by atoms with Crippen LogP contribution in [-0.2, 0) is 0 Å². The van der Waals surface area contributed by atoms with Gasteiger partial charge in [-0.2, -0.15) is 0 Å². The molecule has 0 saturated carbocycles. The minimum atomic E-state index is -0.340. The summed E-state index contributed by atoms with van der Waals surface area (Å²) in [6, 6.07) is 11.6. The molecule has 24 heavy (non-hydrogen) atoms. The van der Waals surface area contributed by atoms with E-state index in [9.17, 15) is 4.39 Å². The first-order valence-corrected chi connectivity index (χ1v) is 7.85. The molecule has 0 aliphatic carbocycles. The molecule has 1 aliphatic rings. The Morgan fingerprint density at radius 2 is 2.08 bits per heavy atom. The van der Waals surface area contributed by atoms with Gasteiger partial charge < -0.3 is 5.32 Å². The zero-order valence-electron chi connectivity index (χ0n) is 13.1. The van der Waals surface area contributed by atoms with Gasteiger partial charge in [0.1, 0.15) is 17.7 Å². The summed E-state index contributed by atoms with van der Waals surface area (Å²) in [6.07, 6.45) is 5.39. The highest BCUT2D eigenvalue weighted by Gasteiger charge is 2.19. The lowest BCUT2D eigenvalue weighted by molar-refractivity contribution is 0.628. The second kappa shape index (κ2) is 6.86. The molecule has 0 bridgehead atoms. The summed E-state index contributed by atoms with van der Waals surface area (Å²) in [4.78, 5) is 9.03. The smallest absolute Gasteiger partial charge is 0.124 e. The zero-order valence-corrected chi connectivity index (χ0v) is 13.8. The Bertz CT molecular complexity index is 880. The second-order valence-electron chi connectivity index (χ2n) is 5.38. The molecule has 0 radical (unpaired) electrons. The summed E-state index contributed by atoms with van der Waals surface area (Å²) in [5.41, 5.74) is 2.73. The summed E-state index contributed by atoms with van der Waals surface area (Å²) < 4.78 is 13.8. The van der Waals surface area contributed by atoms with Crippen LogP contribution < -0.4 is 5.32 Å². The van der Waals surface area contributed by atoms with Gasteiger partial charge in [0, 0.05) is 21.8 Å². The maximum Gasteiger partial charge on any atom is 0.124 e. The molecule has 3 nitrogen and oxygen atoms in total. The van der Waals surface area contributed by atoms with Crippen LogP contribution in [-0.4, -0.2) is 24.1 Å². The van der Waals surface area contributed by atoms with E-state index in [2.05, 4.69) is 21.2 Å². The lowest BCUT2D eigenvalue weighted by Crippen LogP contribution is -2.17. The van der Waals surface area contributed by atoms with Gasteiger partial charge in [-0.05, 0) is 31.2 Å². The standard InChI is InChI=1S/C19H15ClFN3/c1-3-12(2)23-18-11-22-19(14-6-4-5-7-16(14)20)15-10-13(21)8-9-17(15)24-18/h1,4-10,12H,11H2,2H3,(H,23,24). The fourth-order valence-corrected chi connectivity index (χ4v) is 2.71. The Morgan fingerprint density at radius 1 is 1.29 bits per heavy atom. The van der Waals surface area contributed by atoms with Crippen LogP contribution in [0.1, 0.15) is 18.1 Å². The summed E-state index contributed by atoms with van der Waals surface area (Å²) in [5, 5.41) is 3.76. The van der Waals surface area contributed by atoms with Crippen LogP contribution in [0.4, 0.5) is 10.1 Å². The molecule has 0 saturated heterocycles. The summed E-state index contributed by atoms with van der Waals surface area (Å²) in [5.74, 6) is 2.86. The molecule has 0 amide bonds. The third-order valence-electron chi connectivity index (χ3n) is 3.62. The van der Waals surface area contributed by atoms with Crippen LogP contribution in [0.15, 0.2) is 52.4 Å². The first kappa shape index (κ1) is 16.2. The van der Waals surface area contributed by atoms with Crippen molar-refractivity contribution >= 4 is 28.8 Å². The highest BCUT2D eigenvalue weighted by Crippen LogP contribution is 2.27. The maximum atomic E-state index is 13.8. The van der Waals surface area contributed by atoms with E-state index in [0.29, 0.717) is 28.7 Å². The van der Waals surface area contributed by atoms with Crippen molar-refractivity contribution in [3.63, 3.8) is 0 Å². The summed E-state index contributed by atoms with van der Waals surface area (Å²) in [6.45, 7) is 2.13. The molecule has 3 rings (SSSR count). The fourth-order valence-electron chi connectivity index (χ4n) is 2.48. The Labute approximate surface area is 145 Å². The SMILES string of the molecule is C#CC(C)N=C1CN=C(c2ccccc2Cl)c2cc(F)ccc2N1. The van der Waals surface area contributed by atoms with E-state index in [1.807, 2.05) is 25.1 Å². The van der Waals surface area contributed by atoms with Gasteiger partial charge in [-0.25, -0.2) is 4.39 Å². The Hall–Kier alpha value is -2.64. The molecule has 0 spiro atoms. The number of aliphatic imine (C=N–C) groups is 2. The van der Waals surface area contributed by atoms with Crippen LogP contribution in [0.5, 0.6) is 0 Å². The predicted molar refractivity (Wildman–Crippen MR) is 97.7 cm³/mol. The fraction of sp³-hybridized carbons (Fsp3) is 0.158. The Balaban J connectivity index is 2.16. The van der Waals surface area contributed by atoms with Crippen molar-refractivity contribution in [1.29, 1.82) is 0 Å². The van der Waals surface area contributed by atoms with Gasteiger partial charge in [0.05, 0.1) is 12.3 Å². The second-order valence-corrected chi connectivity index (χ2v) is 5.79. The molecule has 0 fully saturated rings. The molecule has 1 N–H and O–H groups in total. The van der Waals surface area contributed by atoms with Crippen molar-refractivity contribution in [3.05, 3.63) is 64.4 Å². The van der Waals surface area contributed by atoms with Gasteiger partial charge in [-0.3, -0.25) is 9.98 Å². The first-order valence-electron chi connectivity index (χ1n) is 7.47. The number of benzodiazepines with no additional fused rings is 1. The molecular weight excluding hydrogens is 325 g/mol. The van der Waals surface area contributed by atoms with Crippen LogP contribution in [0.25, 0.3) is 0 Å². The number of hydrogen-bond acceptors (Lipinski definition) is 2. The van der Waals surface area contributed by atoms with E-state index in [1.165, 1.54) is 12.1 Å². The number of halogens is 2. The normalized spacial score (nSPS) is 16.4. The topological polar surface area (TPSA) is 36.8 Å². The molecule has 2 aromatic carbocycles. The van der Waals surface area contributed by atoms with Crippen molar-refractivity contribution in [2.75, 3.05) is 11.9 Å². The molecule has 1 aliphatic heterocycles. The lowest BCUT2D eigenvalue weighted by atomic mass is 10.0. The number of terminal acetylenes is 1. The minimum absolute atomic E-state index is 0.270. The Morgan fingerprint density at radius 3 is 2.83 bits per heavy atom. The van der Waals surface area contributed by atoms with Gasteiger partial charge in [0.2, 0.25) is 0 Å². The number of hydrogen-bond donors (Lipinski definition) is 1. The van der Waals surface area contributed by atoms with Gasteiger partial charge in [-0.15, -0.1) is 6.42 Å². The molecule has 120 valence electrons. The molecule has 1 unspecified atom stereocenters. The third kappa shape index (κ3) is 3.32. The van der Waals surface area contributed by atoms with Gasteiger partial charge in [-0.1, -0.05) is 35.7 Å². The van der Waals surface area contributed by atoms with Crippen molar-refractivity contribution < 1.29 is 4.39 Å². The zero-order chi connectivity index (χ0) is 17.1. The number of fused-ring (bicyclic) bond motifs is 1. The average Bonchev–Trinajstić information content (AvgIpc) is 2.74. The number of nitrogens with zero attached hydrogens (tertiary/aromatic N) is 2. The van der Waals surface area contributed by atoms with E-state index in [0.717, 1.165) is 11.3 Å². The average molecular weight is 340 g/mol.